The van der Waals surface area contributed by atoms with Gasteiger partial charge in [-0.25, -0.2) is 19.2 Å². The Hall–Kier alpha value is -3.90. The van der Waals surface area contributed by atoms with Crippen molar-refractivity contribution in [2.45, 2.75) is 13.0 Å². The van der Waals surface area contributed by atoms with Crippen LogP contribution in [0.5, 0.6) is 0 Å². The zero-order valence-electron chi connectivity index (χ0n) is 15.2. The highest BCUT2D eigenvalue weighted by molar-refractivity contribution is 6.29. The molecule has 0 bridgehead atoms. The highest BCUT2D eigenvalue weighted by Crippen LogP contribution is 2.24. The molecular weight excluding hydrogens is 392 g/mol. The van der Waals surface area contributed by atoms with Gasteiger partial charge in [-0.3, -0.25) is 4.57 Å². The Labute approximate surface area is 170 Å². The van der Waals surface area contributed by atoms with Crippen molar-refractivity contribution in [3.63, 3.8) is 0 Å². The van der Waals surface area contributed by atoms with Gasteiger partial charge in [-0.1, -0.05) is 29.8 Å². The predicted molar refractivity (Wildman–Crippen MR) is 109 cm³/mol. The summed E-state index contributed by atoms with van der Waals surface area (Å²) in [5.74, 6) is 0.315. The number of nitrogen functional groups attached to an aromatic ring is 1. The van der Waals surface area contributed by atoms with Crippen molar-refractivity contribution in [1.82, 2.24) is 23.9 Å². The minimum absolute atomic E-state index is 0.0367. The first-order valence-corrected chi connectivity index (χ1v) is 9.01. The fraction of sp³-hybridized carbons (Fsp3) is 0.105. The first-order chi connectivity index (χ1) is 14.0. The molecule has 4 rings (SSSR count). The number of nitrogens with one attached hydrogen (secondary N) is 1. The average Bonchev–Trinajstić information content (AvgIpc) is 3.09. The van der Waals surface area contributed by atoms with E-state index in [9.17, 15) is 10.1 Å². The van der Waals surface area contributed by atoms with E-state index in [0.717, 1.165) is 0 Å². The molecule has 0 amide bonds. The van der Waals surface area contributed by atoms with Gasteiger partial charge in [0.25, 0.3) is 0 Å². The minimum atomic E-state index is -0.426. The number of nitriles is 1. The van der Waals surface area contributed by atoms with E-state index in [4.69, 9.17) is 17.3 Å². The molecule has 3 heterocycles. The molecule has 0 aliphatic rings. The van der Waals surface area contributed by atoms with Crippen molar-refractivity contribution in [3.05, 3.63) is 75.7 Å². The highest BCUT2D eigenvalue weighted by Gasteiger charge is 2.19. The molecule has 0 aliphatic heterocycles. The van der Waals surface area contributed by atoms with Crippen molar-refractivity contribution in [3.8, 4) is 11.8 Å². The number of nitrogens with two attached hydrogens (primary N) is 1. The molecule has 1 aromatic carbocycles. The second kappa shape index (κ2) is 7.26. The van der Waals surface area contributed by atoms with Gasteiger partial charge >= 0.3 is 5.69 Å². The lowest BCUT2D eigenvalue weighted by Gasteiger charge is -2.21. The predicted octanol–water partition coefficient (Wildman–Crippen LogP) is 2.56. The summed E-state index contributed by atoms with van der Waals surface area (Å²) < 4.78 is 2.86. The van der Waals surface area contributed by atoms with Crippen molar-refractivity contribution < 1.29 is 0 Å². The van der Waals surface area contributed by atoms with Crippen LogP contribution in [0.1, 0.15) is 24.2 Å². The van der Waals surface area contributed by atoms with Crippen LogP contribution >= 0.6 is 11.6 Å². The van der Waals surface area contributed by atoms with Crippen LogP contribution in [0.15, 0.2) is 53.6 Å². The van der Waals surface area contributed by atoms with E-state index in [1.807, 2.05) is 43.3 Å². The minimum Gasteiger partial charge on any atom is -0.368 e. The number of nitrogens with zero attached hydrogens (tertiary/aromatic N) is 6. The quantitative estimate of drug-likeness (QED) is 0.533. The molecule has 0 spiro atoms. The zero-order chi connectivity index (χ0) is 20.5. The van der Waals surface area contributed by atoms with E-state index in [1.54, 1.807) is 6.07 Å². The fourth-order valence-corrected chi connectivity index (χ4v) is 3.27. The molecule has 0 saturated carbocycles. The number of rotatable bonds is 4. The average molecular weight is 407 g/mol. The maximum Gasteiger partial charge on any atom is 0.339 e. The first-order valence-electron chi connectivity index (χ1n) is 8.63. The Morgan fingerprint density at radius 1 is 1.24 bits per heavy atom. The van der Waals surface area contributed by atoms with Crippen LogP contribution in [0, 0.1) is 11.3 Å². The Morgan fingerprint density at radius 3 is 2.72 bits per heavy atom. The van der Waals surface area contributed by atoms with Gasteiger partial charge in [-0.15, -0.1) is 0 Å². The maximum atomic E-state index is 13.2. The molecule has 144 valence electrons. The van der Waals surface area contributed by atoms with Crippen LogP contribution in [0.4, 0.5) is 11.8 Å². The Balaban J connectivity index is 1.90. The SMILES string of the molecule is C[C@@H](Nc1nc(N)ncc1C#N)c1cc2ncc(Cl)n2c(=O)n1-c1ccccc1. The monoisotopic (exact) mass is 406 g/mol. The molecular formula is C19H15ClN8O. The summed E-state index contributed by atoms with van der Waals surface area (Å²) in [7, 11) is 0. The third kappa shape index (κ3) is 3.26. The highest BCUT2D eigenvalue weighted by atomic mass is 35.5. The van der Waals surface area contributed by atoms with Gasteiger partial charge in [0, 0.05) is 6.07 Å². The summed E-state index contributed by atoms with van der Waals surface area (Å²) in [6.07, 6.45) is 2.77. The van der Waals surface area contributed by atoms with Crippen LogP contribution in [0.2, 0.25) is 5.15 Å². The van der Waals surface area contributed by atoms with Crippen molar-refractivity contribution in [1.29, 1.82) is 5.26 Å². The van der Waals surface area contributed by atoms with Crippen LogP contribution in [0.3, 0.4) is 0 Å². The number of hydrogen-bond acceptors (Lipinski definition) is 7. The molecule has 0 saturated heterocycles. The molecule has 0 aliphatic carbocycles. The van der Waals surface area contributed by atoms with Gasteiger partial charge in [0.2, 0.25) is 5.95 Å². The third-order valence-corrected chi connectivity index (χ3v) is 4.67. The first kappa shape index (κ1) is 18.5. The van der Waals surface area contributed by atoms with E-state index in [1.165, 1.54) is 21.4 Å². The number of aromatic nitrogens is 5. The Bertz CT molecular complexity index is 1310. The Morgan fingerprint density at radius 2 is 2.00 bits per heavy atom. The summed E-state index contributed by atoms with van der Waals surface area (Å²) in [5, 5.41) is 12.7. The number of anilines is 2. The second-order valence-electron chi connectivity index (χ2n) is 6.27. The number of hydrogen-bond donors (Lipinski definition) is 2. The topological polar surface area (TPSA) is 127 Å². The van der Waals surface area contributed by atoms with Crippen molar-refractivity contribution in [2.24, 2.45) is 0 Å². The normalized spacial score (nSPS) is 11.9. The number of para-hydroxylation sites is 1. The molecule has 0 fully saturated rings. The van der Waals surface area contributed by atoms with E-state index in [-0.39, 0.29) is 28.2 Å². The lowest BCUT2D eigenvalue weighted by atomic mass is 10.2. The van der Waals surface area contributed by atoms with E-state index >= 15 is 0 Å². The number of imidazole rings is 1. The smallest absolute Gasteiger partial charge is 0.339 e. The van der Waals surface area contributed by atoms with Crippen LogP contribution in [-0.4, -0.2) is 23.9 Å². The summed E-state index contributed by atoms with van der Waals surface area (Å²) in [5.41, 5.74) is 7.23. The van der Waals surface area contributed by atoms with Crippen LogP contribution < -0.4 is 16.7 Å². The molecule has 4 aromatic rings. The number of halogens is 1. The van der Waals surface area contributed by atoms with E-state index in [2.05, 4.69) is 20.3 Å². The van der Waals surface area contributed by atoms with E-state index in [0.29, 0.717) is 17.0 Å². The molecule has 3 aromatic heterocycles. The van der Waals surface area contributed by atoms with Gasteiger partial charge in [-0.05, 0) is 19.1 Å². The third-order valence-electron chi connectivity index (χ3n) is 4.40. The molecule has 29 heavy (non-hydrogen) atoms. The van der Waals surface area contributed by atoms with Gasteiger partial charge in [0.05, 0.1) is 29.8 Å². The standard InChI is InChI=1S/C19H15ClN8O/c1-11(25-17-12(8-21)9-24-18(22)26-17)14-7-16-23-10-15(20)28(16)19(29)27(14)13-5-3-2-4-6-13/h2-7,9-11H,1H3,(H3,22,24,25,26)/t11-/m1/s1. The lowest BCUT2D eigenvalue weighted by molar-refractivity contribution is 0.738. The summed E-state index contributed by atoms with van der Waals surface area (Å²) in [6, 6.07) is 12.5. The number of benzene rings is 1. The molecule has 3 N–H and O–H groups in total. The van der Waals surface area contributed by atoms with E-state index < -0.39 is 6.04 Å². The molecule has 0 radical (unpaired) electrons. The van der Waals surface area contributed by atoms with Crippen molar-refractivity contribution >= 4 is 29.0 Å². The molecule has 9 nitrogen and oxygen atoms in total. The maximum absolute atomic E-state index is 13.2. The summed E-state index contributed by atoms with van der Waals surface area (Å²) >= 11 is 6.16. The largest absolute Gasteiger partial charge is 0.368 e. The fourth-order valence-electron chi connectivity index (χ4n) is 3.06. The number of fused-ring (bicyclic) bond motifs is 1. The Kier molecular flexibility index (Phi) is 4.62. The van der Waals surface area contributed by atoms with Gasteiger partial charge in [-0.2, -0.15) is 10.2 Å². The van der Waals surface area contributed by atoms with Crippen LogP contribution in [-0.2, 0) is 0 Å². The lowest BCUT2D eigenvalue weighted by Crippen LogP contribution is -2.30. The molecule has 10 heteroatoms. The van der Waals surface area contributed by atoms with Gasteiger partial charge in [0.15, 0.2) is 0 Å². The molecule has 1 atom stereocenters. The summed E-state index contributed by atoms with van der Waals surface area (Å²) in [6.45, 7) is 1.84. The van der Waals surface area contributed by atoms with Gasteiger partial charge < -0.3 is 11.1 Å². The van der Waals surface area contributed by atoms with Crippen molar-refractivity contribution in [2.75, 3.05) is 11.1 Å². The zero-order valence-corrected chi connectivity index (χ0v) is 16.0. The van der Waals surface area contributed by atoms with Gasteiger partial charge in [0.1, 0.15) is 28.3 Å². The second-order valence-corrected chi connectivity index (χ2v) is 6.65. The molecule has 0 unspecified atom stereocenters. The summed E-state index contributed by atoms with van der Waals surface area (Å²) in [4.78, 5) is 25.4. The van der Waals surface area contributed by atoms with Crippen LogP contribution in [0.25, 0.3) is 11.3 Å².